The highest BCUT2D eigenvalue weighted by Gasteiger charge is 2.24. The molecule has 0 fully saturated rings. The average Bonchev–Trinajstić information content (AvgIpc) is 2.96. The van der Waals surface area contributed by atoms with Gasteiger partial charge in [-0.15, -0.1) is 0 Å². The smallest absolute Gasteiger partial charge is 0.258 e. The average molecular weight is 284 g/mol. The van der Waals surface area contributed by atoms with E-state index in [1.807, 2.05) is 0 Å². The van der Waals surface area contributed by atoms with Gasteiger partial charge in [0.1, 0.15) is 11.5 Å². The van der Waals surface area contributed by atoms with E-state index in [0.29, 0.717) is 11.3 Å². The molecule has 0 spiro atoms. The summed E-state index contributed by atoms with van der Waals surface area (Å²) in [6, 6.07) is 3.04. The number of aromatic amines is 1. The quantitative estimate of drug-likeness (QED) is 0.751. The molecule has 2 heterocycles. The van der Waals surface area contributed by atoms with E-state index in [1.165, 1.54) is 6.20 Å². The lowest BCUT2D eigenvalue weighted by molar-refractivity contribution is 0.440. The van der Waals surface area contributed by atoms with Crippen LogP contribution in [0.4, 0.5) is 0 Å². The van der Waals surface area contributed by atoms with Gasteiger partial charge in [-0.05, 0) is 26.0 Å². The summed E-state index contributed by atoms with van der Waals surface area (Å²) in [6.45, 7) is 3.60. The minimum Gasteiger partial charge on any atom is -0.465 e. The molecule has 2 aromatic heterocycles. The zero-order valence-electron chi connectivity index (χ0n) is 10.7. The van der Waals surface area contributed by atoms with Crippen LogP contribution in [0.25, 0.3) is 0 Å². The number of H-pyrrole nitrogens is 1. The topological polar surface area (TPSA) is 114 Å². The van der Waals surface area contributed by atoms with Gasteiger partial charge in [0.25, 0.3) is 10.0 Å². The summed E-state index contributed by atoms with van der Waals surface area (Å²) < 4.78 is 32.3. The minimum atomic E-state index is -3.71. The number of hydrogen-bond acceptors (Lipinski definition) is 5. The van der Waals surface area contributed by atoms with E-state index >= 15 is 0 Å². The maximum absolute atomic E-state index is 12.2. The second-order valence-corrected chi connectivity index (χ2v) is 5.87. The molecule has 104 valence electrons. The van der Waals surface area contributed by atoms with Crippen molar-refractivity contribution >= 4 is 10.0 Å². The summed E-state index contributed by atoms with van der Waals surface area (Å²) in [5.41, 5.74) is 5.91. The Balaban J connectivity index is 2.22. The standard InChI is InChI=1S/C11H16N4O3S/c1-7-3-4-10(18-7)8(2)15-19(16,17)11-9(5-12)6-13-14-11/h3-4,6,8,15H,5,12H2,1-2H3,(H,13,14). The van der Waals surface area contributed by atoms with Crippen LogP contribution < -0.4 is 10.5 Å². The molecule has 2 rings (SSSR count). The van der Waals surface area contributed by atoms with E-state index in [9.17, 15) is 8.42 Å². The summed E-state index contributed by atoms with van der Waals surface area (Å²) in [4.78, 5) is 0. The Bertz CT molecular complexity index is 659. The summed E-state index contributed by atoms with van der Waals surface area (Å²) in [6.07, 6.45) is 1.40. The highest BCUT2D eigenvalue weighted by Crippen LogP contribution is 2.19. The van der Waals surface area contributed by atoms with Gasteiger partial charge in [0, 0.05) is 12.1 Å². The molecule has 8 heteroatoms. The summed E-state index contributed by atoms with van der Waals surface area (Å²) in [7, 11) is -3.71. The van der Waals surface area contributed by atoms with E-state index in [0.717, 1.165) is 5.76 Å². The highest BCUT2D eigenvalue weighted by molar-refractivity contribution is 7.89. The Kier molecular flexibility index (Phi) is 3.74. The van der Waals surface area contributed by atoms with Crippen LogP contribution in [0.3, 0.4) is 0 Å². The molecule has 0 saturated carbocycles. The van der Waals surface area contributed by atoms with Crippen molar-refractivity contribution in [2.75, 3.05) is 0 Å². The van der Waals surface area contributed by atoms with Crippen LogP contribution in [-0.2, 0) is 16.6 Å². The fourth-order valence-electron chi connectivity index (χ4n) is 1.71. The van der Waals surface area contributed by atoms with E-state index in [1.54, 1.807) is 26.0 Å². The van der Waals surface area contributed by atoms with Gasteiger partial charge < -0.3 is 10.2 Å². The van der Waals surface area contributed by atoms with Gasteiger partial charge in [-0.3, -0.25) is 5.10 Å². The van der Waals surface area contributed by atoms with Gasteiger partial charge in [0.2, 0.25) is 0 Å². The second-order valence-electron chi connectivity index (χ2n) is 4.22. The Hall–Kier alpha value is -1.64. The first kappa shape index (κ1) is 13.8. The lowest BCUT2D eigenvalue weighted by Gasteiger charge is -2.11. The van der Waals surface area contributed by atoms with Gasteiger partial charge in [-0.2, -0.15) is 9.82 Å². The van der Waals surface area contributed by atoms with E-state index in [4.69, 9.17) is 10.2 Å². The third kappa shape index (κ3) is 2.86. The molecule has 0 bridgehead atoms. The largest absolute Gasteiger partial charge is 0.465 e. The Morgan fingerprint density at radius 1 is 1.53 bits per heavy atom. The third-order valence-electron chi connectivity index (χ3n) is 2.69. The number of hydrogen-bond donors (Lipinski definition) is 3. The first-order chi connectivity index (χ1) is 8.94. The van der Waals surface area contributed by atoms with Crippen LogP contribution in [0.2, 0.25) is 0 Å². The summed E-state index contributed by atoms with van der Waals surface area (Å²) in [5, 5.41) is 6.13. The molecular formula is C11H16N4O3S. The van der Waals surface area contributed by atoms with Crippen molar-refractivity contribution in [3.63, 3.8) is 0 Å². The number of nitrogens with one attached hydrogen (secondary N) is 2. The normalized spacial score (nSPS) is 13.6. The molecule has 0 aromatic carbocycles. The molecular weight excluding hydrogens is 268 g/mol. The summed E-state index contributed by atoms with van der Waals surface area (Å²) in [5.74, 6) is 1.28. The van der Waals surface area contributed by atoms with Crippen molar-refractivity contribution in [3.8, 4) is 0 Å². The monoisotopic (exact) mass is 284 g/mol. The van der Waals surface area contributed by atoms with Gasteiger partial charge >= 0.3 is 0 Å². The minimum absolute atomic E-state index is 0.00914. The number of nitrogens with two attached hydrogens (primary N) is 1. The number of furan rings is 1. The maximum atomic E-state index is 12.2. The van der Waals surface area contributed by atoms with E-state index < -0.39 is 16.1 Å². The van der Waals surface area contributed by atoms with E-state index in [-0.39, 0.29) is 11.6 Å². The van der Waals surface area contributed by atoms with Crippen molar-refractivity contribution in [3.05, 3.63) is 35.4 Å². The predicted octanol–water partition coefficient (Wildman–Crippen LogP) is 0.809. The molecule has 0 aliphatic rings. The molecule has 0 aliphatic heterocycles. The first-order valence-corrected chi connectivity index (χ1v) is 7.23. The number of sulfonamides is 1. The molecule has 0 amide bonds. The van der Waals surface area contributed by atoms with E-state index in [2.05, 4.69) is 14.9 Å². The first-order valence-electron chi connectivity index (χ1n) is 5.75. The second kappa shape index (κ2) is 5.16. The van der Waals surface area contributed by atoms with Crippen molar-refractivity contribution < 1.29 is 12.8 Å². The number of aryl methyl sites for hydroxylation is 1. The third-order valence-corrected chi connectivity index (χ3v) is 4.24. The van der Waals surface area contributed by atoms with Crippen LogP contribution in [0.15, 0.2) is 27.8 Å². The van der Waals surface area contributed by atoms with Gasteiger partial charge in [0.05, 0.1) is 12.2 Å². The molecule has 7 nitrogen and oxygen atoms in total. The molecule has 2 aromatic rings. The van der Waals surface area contributed by atoms with Crippen molar-refractivity contribution in [2.24, 2.45) is 5.73 Å². The fourth-order valence-corrected chi connectivity index (χ4v) is 3.07. The number of rotatable bonds is 5. The van der Waals surface area contributed by atoms with Gasteiger partial charge in [0.15, 0.2) is 5.03 Å². The maximum Gasteiger partial charge on any atom is 0.258 e. The lowest BCUT2D eigenvalue weighted by Crippen LogP contribution is -2.28. The number of aromatic nitrogens is 2. The molecule has 0 saturated heterocycles. The van der Waals surface area contributed by atoms with Crippen LogP contribution in [0, 0.1) is 6.92 Å². The molecule has 0 radical (unpaired) electrons. The lowest BCUT2D eigenvalue weighted by atomic mass is 10.3. The van der Waals surface area contributed by atoms with Crippen LogP contribution in [0.1, 0.15) is 30.0 Å². The molecule has 4 N–H and O–H groups in total. The van der Waals surface area contributed by atoms with Crippen LogP contribution >= 0.6 is 0 Å². The van der Waals surface area contributed by atoms with Crippen molar-refractivity contribution in [1.29, 1.82) is 0 Å². The molecule has 0 aliphatic carbocycles. The fraction of sp³-hybridized carbons (Fsp3) is 0.364. The Morgan fingerprint density at radius 2 is 2.26 bits per heavy atom. The highest BCUT2D eigenvalue weighted by atomic mass is 32.2. The molecule has 19 heavy (non-hydrogen) atoms. The van der Waals surface area contributed by atoms with Crippen LogP contribution in [-0.4, -0.2) is 18.6 Å². The van der Waals surface area contributed by atoms with Crippen molar-refractivity contribution in [1.82, 2.24) is 14.9 Å². The van der Waals surface area contributed by atoms with Gasteiger partial charge in [-0.1, -0.05) is 0 Å². The SMILES string of the molecule is Cc1ccc(C(C)NS(=O)(=O)c2[nH]ncc2CN)o1. The summed E-state index contributed by atoms with van der Waals surface area (Å²) >= 11 is 0. The molecule has 1 unspecified atom stereocenters. The Morgan fingerprint density at radius 3 is 2.84 bits per heavy atom. The predicted molar refractivity (Wildman–Crippen MR) is 68.7 cm³/mol. The molecule has 1 atom stereocenters. The van der Waals surface area contributed by atoms with Gasteiger partial charge in [-0.25, -0.2) is 8.42 Å². The van der Waals surface area contributed by atoms with Crippen molar-refractivity contribution in [2.45, 2.75) is 31.5 Å². The zero-order valence-corrected chi connectivity index (χ0v) is 11.5. The number of nitrogens with zero attached hydrogens (tertiary/aromatic N) is 1. The Labute approximate surface area is 111 Å². The zero-order chi connectivity index (χ0) is 14.0. The van der Waals surface area contributed by atoms with Crippen LogP contribution in [0.5, 0.6) is 0 Å².